The van der Waals surface area contributed by atoms with Crippen molar-refractivity contribution < 1.29 is 19.4 Å². The lowest BCUT2D eigenvalue weighted by Crippen LogP contribution is -2.16. The molecule has 0 saturated carbocycles. The van der Waals surface area contributed by atoms with Gasteiger partial charge in [-0.25, -0.2) is 4.79 Å². The Hall–Kier alpha value is -2.07. The molecule has 0 aliphatic carbocycles. The van der Waals surface area contributed by atoms with Gasteiger partial charge in [-0.15, -0.1) is 0 Å². The van der Waals surface area contributed by atoms with Crippen LogP contribution in [0.1, 0.15) is 46.5 Å². The molecule has 1 rings (SSSR count). The van der Waals surface area contributed by atoms with E-state index in [-0.39, 0.29) is 29.6 Å². The predicted octanol–water partition coefficient (Wildman–Crippen LogP) is 5.07. The number of aliphatic hydroxyl groups is 1. The molecule has 0 bridgehead atoms. The second-order valence-corrected chi connectivity index (χ2v) is 6.37. The van der Waals surface area contributed by atoms with Gasteiger partial charge < -0.3 is 9.84 Å². The fraction of sp³-hybridized carbons (Fsp3) is 0.400. The minimum atomic E-state index is -0.568. The Morgan fingerprint density at radius 3 is 2.56 bits per heavy atom. The summed E-state index contributed by atoms with van der Waals surface area (Å²) in [6.45, 7) is 4.98. The summed E-state index contributed by atoms with van der Waals surface area (Å²) in [5, 5.41) is 10.4. The molecule has 1 aliphatic heterocycles. The summed E-state index contributed by atoms with van der Waals surface area (Å²) < 4.78 is 5.31. The topological polar surface area (TPSA) is 63.6 Å². The van der Waals surface area contributed by atoms with Gasteiger partial charge >= 0.3 is 5.97 Å². The van der Waals surface area contributed by atoms with E-state index in [1.54, 1.807) is 26.0 Å². The predicted molar refractivity (Wildman–Crippen MR) is 100 cm³/mol. The van der Waals surface area contributed by atoms with Crippen LogP contribution in [0.25, 0.3) is 0 Å². The van der Waals surface area contributed by atoms with E-state index in [1.165, 1.54) is 13.0 Å². The van der Waals surface area contributed by atoms with Gasteiger partial charge in [-0.3, -0.25) is 4.79 Å². The third-order valence-electron chi connectivity index (χ3n) is 3.65. The summed E-state index contributed by atoms with van der Waals surface area (Å²) in [6, 6.07) is 0. The Kier molecular flexibility index (Phi) is 9.00. The number of cyclic esters (lactones) is 1. The SMILES string of the molecule is CC1=C/C(O)=C(\C)C(=O)OC(C)C/C=C/CC/C=C/C(=O)C\C=C\1Cl. The number of allylic oxidation sites excluding steroid dienone is 7. The van der Waals surface area contributed by atoms with Crippen molar-refractivity contribution in [3.63, 3.8) is 0 Å². The Labute approximate surface area is 154 Å². The number of esters is 1. The van der Waals surface area contributed by atoms with Crippen LogP contribution in [0.3, 0.4) is 0 Å². The number of hydrogen-bond donors (Lipinski definition) is 1. The first-order chi connectivity index (χ1) is 11.8. The van der Waals surface area contributed by atoms with Crippen LogP contribution in [0.5, 0.6) is 0 Å². The van der Waals surface area contributed by atoms with Crippen LogP contribution in [0, 0.1) is 0 Å². The van der Waals surface area contributed by atoms with Crippen molar-refractivity contribution in [1.29, 1.82) is 0 Å². The molecule has 0 amide bonds. The number of ether oxygens (including phenoxy) is 1. The van der Waals surface area contributed by atoms with Crippen LogP contribution in [0.15, 0.2) is 58.4 Å². The standard InChI is InChI=1S/C20H25ClO4/c1-14-13-19(23)16(3)20(24)25-15(2)9-7-5-4-6-8-10-17(22)11-12-18(14)21/h5,7-8,10,12-13,15,23H,4,6,9,11H2,1-3H3/b7-5+,10-8+,14-13-,18-12-,19-16-. The van der Waals surface area contributed by atoms with Crippen LogP contribution in [0.2, 0.25) is 0 Å². The third kappa shape index (κ3) is 8.03. The molecule has 0 aromatic rings. The number of rotatable bonds is 0. The average Bonchev–Trinajstić information content (AvgIpc) is 2.56. The van der Waals surface area contributed by atoms with E-state index in [4.69, 9.17) is 16.3 Å². The first-order valence-corrected chi connectivity index (χ1v) is 8.68. The van der Waals surface area contributed by atoms with Gasteiger partial charge in [0.05, 0.1) is 5.57 Å². The number of halogens is 1. The largest absolute Gasteiger partial charge is 0.507 e. The summed E-state index contributed by atoms with van der Waals surface area (Å²) in [4.78, 5) is 23.8. The second-order valence-electron chi connectivity index (χ2n) is 5.96. The van der Waals surface area contributed by atoms with Gasteiger partial charge in [-0.1, -0.05) is 35.9 Å². The zero-order valence-corrected chi connectivity index (χ0v) is 15.7. The van der Waals surface area contributed by atoms with Crippen molar-refractivity contribution in [3.05, 3.63) is 58.4 Å². The lowest BCUT2D eigenvalue weighted by atomic mass is 10.1. The van der Waals surface area contributed by atoms with Gasteiger partial charge in [0, 0.05) is 17.9 Å². The van der Waals surface area contributed by atoms with Crippen molar-refractivity contribution >= 4 is 23.4 Å². The molecule has 0 fully saturated rings. The number of carbonyl (C=O) groups excluding carboxylic acids is 2. The van der Waals surface area contributed by atoms with Crippen molar-refractivity contribution in [2.75, 3.05) is 0 Å². The fourth-order valence-corrected chi connectivity index (χ4v) is 2.17. The molecule has 1 atom stereocenters. The highest BCUT2D eigenvalue weighted by atomic mass is 35.5. The summed E-state index contributed by atoms with van der Waals surface area (Å²) in [5.74, 6) is -0.810. The lowest BCUT2D eigenvalue weighted by molar-refractivity contribution is -0.143. The second kappa shape index (κ2) is 10.7. The zero-order chi connectivity index (χ0) is 18.8. The molecule has 0 saturated heterocycles. The van der Waals surface area contributed by atoms with Crippen molar-refractivity contribution in [2.45, 2.75) is 52.6 Å². The minimum Gasteiger partial charge on any atom is -0.507 e. The van der Waals surface area contributed by atoms with Gasteiger partial charge in [-0.05, 0) is 51.3 Å². The van der Waals surface area contributed by atoms with Crippen molar-refractivity contribution in [2.24, 2.45) is 0 Å². The smallest absolute Gasteiger partial charge is 0.337 e. The molecular weight excluding hydrogens is 340 g/mol. The van der Waals surface area contributed by atoms with E-state index in [0.29, 0.717) is 17.0 Å². The molecule has 4 nitrogen and oxygen atoms in total. The normalized spacial score (nSPS) is 31.6. The summed E-state index contributed by atoms with van der Waals surface area (Å²) >= 11 is 6.14. The van der Waals surface area contributed by atoms with E-state index >= 15 is 0 Å². The highest BCUT2D eigenvalue weighted by Gasteiger charge is 2.14. The van der Waals surface area contributed by atoms with Gasteiger partial charge in [0.1, 0.15) is 11.9 Å². The molecule has 1 N–H and O–H groups in total. The monoisotopic (exact) mass is 364 g/mol. The number of aliphatic hydroxyl groups excluding tert-OH is 1. The first-order valence-electron chi connectivity index (χ1n) is 8.30. The summed E-state index contributed by atoms with van der Waals surface area (Å²) in [5.41, 5.74) is 0.667. The van der Waals surface area contributed by atoms with E-state index in [1.807, 2.05) is 18.2 Å². The Morgan fingerprint density at radius 2 is 1.84 bits per heavy atom. The van der Waals surface area contributed by atoms with Crippen LogP contribution in [-0.4, -0.2) is 23.0 Å². The quantitative estimate of drug-likeness (QED) is 0.481. The molecule has 25 heavy (non-hydrogen) atoms. The molecule has 136 valence electrons. The molecule has 5 heteroatoms. The number of carbonyl (C=O) groups is 2. The fourth-order valence-electron chi connectivity index (χ4n) is 2.04. The van der Waals surface area contributed by atoms with E-state index in [0.717, 1.165) is 12.8 Å². The Bertz CT molecular complexity index is 651. The molecule has 0 aromatic carbocycles. The maximum Gasteiger partial charge on any atom is 0.337 e. The molecule has 1 heterocycles. The minimum absolute atomic E-state index is 0.0378. The van der Waals surface area contributed by atoms with Crippen molar-refractivity contribution in [3.8, 4) is 0 Å². The zero-order valence-electron chi connectivity index (χ0n) is 14.9. The highest BCUT2D eigenvalue weighted by Crippen LogP contribution is 2.18. The number of ketones is 1. The van der Waals surface area contributed by atoms with E-state index in [9.17, 15) is 14.7 Å². The molecular formula is C20H25ClO4. The summed E-state index contributed by atoms with van der Waals surface area (Å²) in [7, 11) is 0. The van der Waals surface area contributed by atoms with Crippen LogP contribution in [0.4, 0.5) is 0 Å². The molecule has 0 spiro atoms. The third-order valence-corrected chi connectivity index (χ3v) is 4.10. The molecule has 0 radical (unpaired) electrons. The molecule has 1 aliphatic rings. The highest BCUT2D eigenvalue weighted by molar-refractivity contribution is 6.32. The Morgan fingerprint density at radius 1 is 1.16 bits per heavy atom. The number of hydrogen-bond acceptors (Lipinski definition) is 4. The van der Waals surface area contributed by atoms with E-state index in [2.05, 4.69) is 0 Å². The van der Waals surface area contributed by atoms with Crippen LogP contribution >= 0.6 is 11.6 Å². The van der Waals surface area contributed by atoms with E-state index < -0.39 is 5.97 Å². The van der Waals surface area contributed by atoms with Gasteiger partial charge in [-0.2, -0.15) is 0 Å². The summed E-state index contributed by atoms with van der Waals surface area (Å²) in [6.07, 6.45) is 12.4. The molecule has 0 aromatic heterocycles. The van der Waals surface area contributed by atoms with Crippen molar-refractivity contribution in [1.82, 2.24) is 0 Å². The average molecular weight is 365 g/mol. The van der Waals surface area contributed by atoms with Gasteiger partial charge in [0.2, 0.25) is 0 Å². The maximum atomic E-state index is 12.1. The first kappa shape index (κ1) is 21.0. The maximum absolute atomic E-state index is 12.1. The Balaban J connectivity index is 3.07. The lowest BCUT2D eigenvalue weighted by Gasteiger charge is -2.12. The van der Waals surface area contributed by atoms with Crippen LogP contribution in [-0.2, 0) is 14.3 Å². The van der Waals surface area contributed by atoms with Gasteiger partial charge in [0.25, 0.3) is 0 Å². The molecule has 1 unspecified atom stereocenters. The van der Waals surface area contributed by atoms with Gasteiger partial charge in [0.15, 0.2) is 5.78 Å². The van der Waals surface area contributed by atoms with Crippen LogP contribution < -0.4 is 0 Å².